The average Bonchev–Trinajstić information content (AvgIpc) is 2.08. The van der Waals surface area contributed by atoms with Crippen molar-refractivity contribution in [3.8, 4) is 0 Å². The van der Waals surface area contributed by atoms with Gasteiger partial charge in [0.05, 0.1) is 13.2 Å². The van der Waals surface area contributed by atoms with Gasteiger partial charge in [-0.1, -0.05) is 18.5 Å². The maximum Gasteiger partial charge on any atom is 0.103 e. The second kappa shape index (κ2) is 3.97. The van der Waals surface area contributed by atoms with Crippen molar-refractivity contribution in [2.45, 2.75) is 13.0 Å². The predicted molar refractivity (Wildman–Crippen MR) is 49.0 cm³/mol. The molecule has 2 nitrogen and oxygen atoms in total. The Morgan fingerprint density at radius 1 is 1.42 bits per heavy atom. The van der Waals surface area contributed by atoms with Gasteiger partial charge in [0.2, 0.25) is 0 Å². The third-order valence-corrected chi connectivity index (χ3v) is 2.29. The zero-order chi connectivity index (χ0) is 9.14. The second-order valence-electron chi connectivity index (χ2n) is 2.79. The summed E-state index contributed by atoms with van der Waals surface area (Å²) in [5, 5.41) is 0.678. The highest BCUT2D eigenvalue weighted by atomic mass is 35.5. The monoisotopic (exact) mass is 188 g/mol. The van der Waals surface area contributed by atoms with Crippen LogP contribution in [0.5, 0.6) is 0 Å². The first-order valence-corrected chi connectivity index (χ1v) is 4.22. The Morgan fingerprint density at radius 3 is 2.58 bits per heavy atom. The summed E-state index contributed by atoms with van der Waals surface area (Å²) in [6.45, 7) is 2.04. The molecule has 1 aliphatic rings. The van der Waals surface area contributed by atoms with Crippen molar-refractivity contribution in [3.05, 3.63) is 22.9 Å². The molecule has 0 saturated carbocycles. The largest absolute Gasteiger partial charge is 0.501 e. The zero-order valence-corrected chi connectivity index (χ0v) is 8.26. The molecule has 0 aromatic carbocycles. The molecule has 0 aromatic heterocycles. The van der Waals surface area contributed by atoms with Gasteiger partial charge in [-0.3, -0.25) is 0 Å². The van der Waals surface area contributed by atoms with E-state index in [-0.39, 0.29) is 12.0 Å². The van der Waals surface area contributed by atoms with E-state index < -0.39 is 0 Å². The van der Waals surface area contributed by atoms with Gasteiger partial charge in [0.15, 0.2) is 0 Å². The van der Waals surface area contributed by atoms with Gasteiger partial charge in [-0.25, -0.2) is 0 Å². The van der Waals surface area contributed by atoms with Crippen molar-refractivity contribution in [2.75, 3.05) is 14.2 Å². The smallest absolute Gasteiger partial charge is 0.103 e. The fourth-order valence-electron chi connectivity index (χ4n) is 1.30. The average molecular weight is 189 g/mol. The molecule has 0 bridgehead atoms. The number of rotatable bonds is 2. The minimum absolute atomic E-state index is 0.0254. The summed E-state index contributed by atoms with van der Waals surface area (Å²) >= 11 is 5.85. The van der Waals surface area contributed by atoms with E-state index in [2.05, 4.69) is 0 Å². The van der Waals surface area contributed by atoms with E-state index in [1.165, 1.54) is 0 Å². The van der Waals surface area contributed by atoms with Crippen LogP contribution in [0.3, 0.4) is 0 Å². The topological polar surface area (TPSA) is 18.5 Å². The first-order valence-electron chi connectivity index (χ1n) is 3.84. The second-order valence-corrected chi connectivity index (χ2v) is 3.23. The summed E-state index contributed by atoms with van der Waals surface area (Å²) in [7, 11) is 3.31. The number of allylic oxidation sites excluding steroid dienone is 2. The van der Waals surface area contributed by atoms with Gasteiger partial charge in [0.25, 0.3) is 0 Å². The summed E-state index contributed by atoms with van der Waals surface area (Å²) in [6.07, 6.45) is 3.73. The van der Waals surface area contributed by atoms with Gasteiger partial charge in [0.1, 0.15) is 5.76 Å². The van der Waals surface area contributed by atoms with Crippen LogP contribution in [0, 0.1) is 5.92 Å². The van der Waals surface area contributed by atoms with Crippen LogP contribution in [0.25, 0.3) is 0 Å². The first kappa shape index (κ1) is 9.62. The molecule has 0 radical (unpaired) electrons. The highest BCUT2D eigenvalue weighted by molar-refractivity contribution is 6.31. The summed E-state index contributed by atoms with van der Waals surface area (Å²) in [5.74, 6) is 1.11. The quantitative estimate of drug-likeness (QED) is 0.662. The van der Waals surface area contributed by atoms with Gasteiger partial charge in [0, 0.05) is 18.1 Å². The fourth-order valence-corrected chi connectivity index (χ4v) is 1.53. The summed E-state index contributed by atoms with van der Waals surface area (Å²) in [5.41, 5.74) is 0. The molecule has 0 N–H and O–H groups in total. The third-order valence-electron chi connectivity index (χ3n) is 2.05. The van der Waals surface area contributed by atoms with Crippen molar-refractivity contribution in [3.63, 3.8) is 0 Å². The lowest BCUT2D eigenvalue weighted by Gasteiger charge is -2.24. The molecule has 0 aliphatic heterocycles. The van der Waals surface area contributed by atoms with Crippen LogP contribution < -0.4 is 0 Å². The van der Waals surface area contributed by atoms with E-state index in [4.69, 9.17) is 21.1 Å². The molecular weight excluding hydrogens is 176 g/mol. The van der Waals surface area contributed by atoms with Crippen LogP contribution in [0.15, 0.2) is 22.9 Å². The normalized spacial score (nSPS) is 29.3. The molecule has 0 aromatic rings. The lowest BCUT2D eigenvalue weighted by Crippen LogP contribution is -2.23. The molecule has 2 unspecified atom stereocenters. The fraction of sp³-hybridized carbons (Fsp3) is 0.556. The molecule has 1 rings (SSSR count). The SMILES string of the molecule is COC1=CC(Cl)=CC(OC)C1C. The Hall–Kier alpha value is -0.470. The molecule has 0 spiro atoms. The molecule has 0 saturated heterocycles. The van der Waals surface area contributed by atoms with E-state index >= 15 is 0 Å². The number of halogens is 1. The molecule has 0 amide bonds. The molecule has 2 atom stereocenters. The van der Waals surface area contributed by atoms with Gasteiger partial charge in [-0.2, -0.15) is 0 Å². The van der Waals surface area contributed by atoms with Gasteiger partial charge in [-0.15, -0.1) is 0 Å². The highest BCUT2D eigenvalue weighted by Gasteiger charge is 2.23. The Labute approximate surface area is 77.8 Å². The van der Waals surface area contributed by atoms with E-state index in [1.54, 1.807) is 14.2 Å². The Balaban J connectivity index is 2.83. The van der Waals surface area contributed by atoms with Crippen molar-refractivity contribution in [1.29, 1.82) is 0 Å². The molecule has 0 heterocycles. The van der Waals surface area contributed by atoms with Crippen molar-refractivity contribution in [1.82, 2.24) is 0 Å². The predicted octanol–water partition coefficient (Wildman–Crippen LogP) is 2.30. The summed E-state index contributed by atoms with van der Waals surface area (Å²) in [4.78, 5) is 0. The number of methoxy groups -OCH3 is 2. The molecule has 68 valence electrons. The number of hydrogen-bond acceptors (Lipinski definition) is 2. The highest BCUT2D eigenvalue weighted by Crippen LogP contribution is 2.27. The zero-order valence-electron chi connectivity index (χ0n) is 7.50. The standard InChI is InChI=1S/C9H13ClO2/c1-6-8(11-2)4-7(10)5-9(6)12-3/h4-6,8H,1-3H3. The lowest BCUT2D eigenvalue weighted by molar-refractivity contribution is 0.0816. The summed E-state index contributed by atoms with van der Waals surface area (Å²) in [6, 6.07) is 0. The number of ether oxygens (including phenoxy) is 2. The molecule has 3 heteroatoms. The van der Waals surface area contributed by atoms with Crippen molar-refractivity contribution >= 4 is 11.6 Å². The van der Waals surface area contributed by atoms with Crippen molar-refractivity contribution < 1.29 is 9.47 Å². The van der Waals surface area contributed by atoms with Gasteiger partial charge < -0.3 is 9.47 Å². The van der Waals surface area contributed by atoms with Crippen LogP contribution in [0.1, 0.15) is 6.92 Å². The maximum atomic E-state index is 5.85. The molecule has 0 fully saturated rings. The maximum absolute atomic E-state index is 5.85. The van der Waals surface area contributed by atoms with Crippen LogP contribution in [-0.4, -0.2) is 20.3 Å². The van der Waals surface area contributed by atoms with Crippen LogP contribution in [0.2, 0.25) is 0 Å². The van der Waals surface area contributed by atoms with Crippen LogP contribution >= 0.6 is 11.6 Å². The Morgan fingerprint density at radius 2 is 2.08 bits per heavy atom. The van der Waals surface area contributed by atoms with E-state index in [0.717, 1.165) is 5.76 Å². The summed E-state index contributed by atoms with van der Waals surface area (Å²) < 4.78 is 10.4. The Bertz CT molecular complexity index is 221. The van der Waals surface area contributed by atoms with E-state index in [0.29, 0.717) is 5.03 Å². The van der Waals surface area contributed by atoms with E-state index in [9.17, 15) is 0 Å². The molecular formula is C9H13ClO2. The molecule has 12 heavy (non-hydrogen) atoms. The Kier molecular flexibility index (Phi) is 3.18. The lowest BCUT2D eigenvalue weighted by atomic mass is 9.97. The van der Waals surface area contributed by atoms with E-state index in [1.807, 2.05) is 19.1 Å². The van der Waals surface area contributed by atoms with Gasteiger partial charge >= 0.3 is 0 Å². The minimum Gasteiger partial charge on any atom is -0.501 e. The third kappa shape index (κ3) is 1.82. The minimum atomic E-state index is 0.0254. The van der Waals surface area contributed by atoms with Crippen LogP contribution in [0.4, 0.5) is 0 Å². The van der Waals surface area contributed by atoms with Gasteiger partial charge in [-0.05, 0) is 12.2 Å². The van der Waals surface area contributed by atoms with Crippen molar-refractivity contribution in [2.24, 2.45) is 5.92 Å². The first-order chi connectivity index (χ1) is 5.69. The van der Waals surface area contributed by atoms with Crippen LogP contribution in [-0.2, 0) is 9.47 Å². The number of hydrogen-bond donors (Lipinski definition) is 0. The molecule has 1 aliphatic carbocycles.